The van der Waals surface area contributed by atoms with Crippen LogP contribution in [0.4, 0.5) is 0 Å². The molecule has 1 amide bonds. The molecule has 0 aliphatic carbocycles. The van der Waals surface area contributed by atoms with Gasteiger partial charge < -0.3 is 9.47 Å². The highest BCUT2D eigenvalue weighted by Crippen LogP contribution is 2.23. The molecule has 1 aliphatic heterocycles. The fraction of sp³-hybridized carbons (Fsp3) is 0.500. The maximum Gasteiger partial charge on any atom is 0.257 e. The van der Waals surface area contributed by atoms with Gasteiger partial charge in [-0.3, -0.25) is 9.48 Å². The van der Waals surface area contributed by atoms with E-state index >= 15 is 0 Å². The monoisotopic (exact) mass is 273 g/mol. The molecule has 3 rings (SSSR count). The number of hydrogen-bond donors (Lipinski definition) is 0. The summed E-state index contributed by atoms with van der Waals surface area (Å²) in [4.78, 5) is 18.4. The molecule has 2 aromatic heterocycles. The molecular weight excluding hydrogens is 254 g/mol. The number of nitrogens with zero attached hydrogens (tertiary/aromatic N) is 5. The number of rotatable bonds is 3. The van der Waals surface area contributed by atoms with Gasteiger partial charge in [0.15, 0.2) is 0 Å². The van der Waals surface area contributed by atoms with Gasteiger partial charge in [0.2, 0.25) is 0 Å². The maximum absolute atomic E-state index is 12.5. The smallest absolute Gasteiger partial charge is 0.257 e. The minimum atomic E-state index is 0.106. The van der Waals surface area contributed by atoms with E-state index in [1.807, 2.05) is 38.3 Å². The molecule has 1 fully saturated rings. The van der Waals surface area contributed by atoms with Gasteiger partial charge in [-0.1, -0.05) is 0 Å². The molecule has 0 bridgehead atoms. The van der Waals surface area contributed by atoms with E-state index in [9.17, 15) is 4.79 Å². The summed E-state index contributed by atoms with van der Waals surface area (Å²) in [6.45, 7) is 6.38. The second kappa shape index (κ2) is 4.77. The van der Waals surface area contributed by atoms with Gasteiger partial charge >= 0.3 is 0 Å². The van der Waals surface area contributed by atoms with E-state index in [1.165, 1.54) is 0 Å². The Kier molecular flexibility index (Phi) is 3.08. The van der Waals surface area contributed by atoms with Crippen LogP contribution < -0.4 is 0 Å². The third-order valence-corrected chi connectivity index (χ3v) is 4.00. The highest BCUT2D eigenvalue weighted by atomic mass is 16.2. The molecule has 1 saturated heterocycles. The van der Waals surface area contributed by atoms with Gasteiger partial charge in [0.05, 0.1) is 17.6 Å². The molecule has 20 heavy (non-hydrogen) atoms. The van der Waals surface area contributed by atoms with Crippen LogP contribution in [0, 0.1) is 19.8 Å². The number of likely N-dealkylation sites (tertiary alicyclic amines) is 1. The fourth-order valence-electron chi connectivity index (χ4n) is 2.79. The van der Waals surface area contributed by atoms with Crippen LogP contribution in [0.25, 0.3) is 0 Å². The second-order valence-corrected chi connectivity index (χ2v) is 5.51. The Morgan fingerprint density at radius 1 is 1.40 bits per heavy atom. The van der Waals surface area contributed by atoms with Gasteiger partial charge in [-0.2, -0.15) is 5.10 Å². The molecule has 6 nitrogen and oxygen atoms in total. The summed E-state index contributed by atoms with van der Waals surface area (Å²) >= 11 is 0. The Labute approximate surface area is 118 Å². The standard InChI is InChI=1S/C14H19N5O/c1-10-13(11(2)17(3)16-10)14(20)19-7-12(8-19)6-18-5-4-15-9-18/h4-5,9,12H,6-8H2,1-3H3. The van der Waals surface area contributed by atoms with E-state index in [4.69, 9.17) is 0 Å². The number of aromatic nitrogens is 4. The van der Waals surface area contributed by atoms with Crippen LogP contribution in [0.15, 0.2) is 18.7 Å². The lowest BCUT2D eigenvalue weighted by Gasteiger charge is -2.39. The third kappa shape index (κ3) is 2.11. The summed E-state index contributed by atoms with van der Waals surface area (Å²) in [6.07, 6.45) is 5.56. The van der Waals surface area contributed by atoms with Crippen molar-refractivity contribution < 1.29 is 4.79 Å². The molecule has 3 heterocycles. The Morgan fingerprint density at radius 3 is 2.70 bits per heavy atom. The van der Waals surface area contributed by atoms with Crippen molar-refractivity contribution >= 4 is 5.91 Å². The highest BCUT2D eigenvalue weighted by Gasteiger charge is 2.33. The van der Waals surface area contributed by atoms with Crippen molar-refractivity contribution in [3.05, 3.63) is 35.7 Å². The van der Waals surface area contributed by atoms with Crippen molar-refractivity contribution in [3.8, 4) is 0 Å². The molecule has 2 aromatic rings. The molecule has 0 saturated carbocycles. The van der Waals surface area contributed by atoms with E-state index < -0.39 is 0 Å². The second-order valence-electron chi connectivity index (χ2n) is 5.51. The first kappa shape index (κ1) is 12.9. The van der Waals surface area contributed by atoms with Crippen molar-refractivity contribution in [1.29, 1.82) is 0 Å². The van der Waals surface area contributed by atoms with Crippen LogP contribution in [-0.2, 0) is 13.6 Å². The van der Waals surface area contributed by atoms with Crippen LogP contribution in [0.5, 0.6) is 0 Å². The lowest BCUT2D eigenvalue weighted by atomic mass is 9.98. The summed E-state index contributed by atoms with van der Waals surface area (Å²) in [6, 6.07) is 0. The van der Waals surface area contributed by atoms with Gasteiger partial charge in [-0.05, 0) is 13.8 Å². The number of hydrogen-bond acceptors (Lipinski definition) is 3. The first-order chi connectivity index (χ1) is 9.56. The van der Waals surface area contributed by atoms with Crippen molar-refractivity contribution in [2.75, 3.05) is 13.1 Å². The van der Waals surface area contributed by atoms with Crippen molar-refractivity contribution in [2.45, 2.75) is 20.4 Å². The van der Waals surface area contributed by atoms with Gasteiger partial charge in [0.1, 0.15) is 0 Å². The number of amides is 1. The normalized spacial score (nSPS) is 15.4. The van der Waals surface area contributed by atoms with Crippen LogP contribution in [0.2, 0.25) is 0 Å². The van der Waals surface area contributed by atoms with Gasteiger partial charge in [0, 0.05) is 50.7 Å². The van der Waals surface area contributed by atoms with E-state index in [0.29, 0.717) is 5.92 Å². The zero-order chi connectivity index (χ0) is 14.3. The zero-order valence-corrected chi connectivity index (χ0v) is 12.1. The minimum absolute atomic E-state index is 0.106. The summed E-state index contributed by atoms with van der Waals surface area (Å²) in [7, 11) is 1.87. The molecule has 0 unspecified atom stereocenters. The molecule has 0 spiro atoms. The minimum Gasteiger partial charge on any atom is -0.338 e. The molecule has 6 heteroatoms. The van der Waals surface area contributed by atoms with Crippen molar-refractivity contribution in [3.63, 3.8) is 0 Å². The van der Waals surface area contributed by atoms with Gasteiger partial charge in [-0.25, -0.2) is 4.98 Å². The third-order valence-electron chi connectivity index (χ3n) is 4.00. The molecule has 0 N–H and O–H groups in total. The topological polar surface area (TPSA) is 56.0 Å². The Balaban J connectivity index is 1.63. The Morgan fingerprint density at radius 2 is 2.15 bits per heavy atom. The van der Waals surface area contributed by atoms with E-state index in [1.54, 1.807) is 10.9 Å². The van der Waals surface area contributed by atoms with E-state index in [0.717, 1.165) is 36.6 Å². The molecular formula is C14H19N5O. The van der Waals surface area contributed by atoms with Crippen LogP contribution in [0.1, 0.15) is 21.7 Å². The lowest BCUT2D eigenvalue weighted by Crippen LogP contribution is -2.51. The number of carbonyl (C=O) groups is 1. The average Bonchev–Trinajstić information content (AvgIpc) is 2.93. The molecule has 0 aromatic carbocycles. The fourth-order valence-corrected chi connectivity index (χ4v) is 2.79. The first-order valence-electron chi connectivity index (χ1n) is 6.81. The van der Waals surface area contributed by atoms with E-state index in [2.05, 4.69) is 14.6 Å². The number of carbonyl (C=O) groups excluding carboxylic acids is 1. The average molecular weight is 273 g/mol. The quantitative estimate of drug-likeness (QED) is 0.838. The Hall–Kier alpha value is -2.11. The van der Waals surface area contributed by atoms with Gasteiger partial charge in [-0.15, -0.1) is 0 Å². The lowest BCUT2D eigenvalue weighted by molar-refractivity contribution is 0.0467. The molecule has 106 valence electrons. The summed E-state index contributed by atoms with van der Waals surface area (Å²) < 4.78 is 3.83. The van der Waals surface area contributed by atoms with Crippen molar-refractivity contribution in [1.82, 2.24) is 24.2 Å². The van der Waals surface area contributed by atoms with Crippen molar-refractivity contribution in [2.24, 2.45) is 13.0 Å². The Bertz CT molecular complexity index is 622. The molecule has 1 aliphatic rings. The maximum atomic E-state index is 12.5. The largest absolute Gasteiger partial charge is 0.338 e. The van der Waals surface area contributed by atoms with E-state index in [-0.39, 0.29) is 5.91 Å². The van der Waals surface area contributed by atoms with Gasteiger partial charge in [0.25, 0.3) is 5.91 Å². The molecule has 0 atom stereocenters. The number of aryl methyl sites for hydroxylation is 2. The molecule has 0 radical (unpaired) electrons. The summed E-state index contributed by atoms with van der Waals surface area (Å²) in [5.74, 6) is 0.625. The predicted octanol–water partition coefficient (Wildman–Crippen LogP) is 1.01. The summed E-state index contributed by atoms with van der Waals surface area (Å²) in [5, 5.41) is 4.31. The highest BCUT2D eigenvalue weighted by molar-refractivity contribution is 5.96. The van der Waals surface area contributed by atoms with Crippen LogP contribution >= 0.6 is 0 Å². The van der Waals surface area contributed by atoms with Crippen LogP contribution in [-0.4, -0.2) is 43.2 Å². The number of imidazole rings is 1. The predicted molar refractivity (Wildman–Crippen MR) is 74.3 cm³/mol. The van der Waals surface area contributed by atoms with Crippen LogP contribution in [0.3, 0.4) is 0 Å². The first-order valence-corrected chi connectivity index (χ1v) is 6.81. The SMILES string of the molecule is Cc1nn(C)c(C)c1C(=O)N1CC(Cn2ccnc2)C1. The summed E-state index contributed by atoms with van der Waals surface area (Å²) in [5.41, 5.74) is 2.51. The zero-order valence-electron chi connectivity index (χ0n) is 12.1.